The lowest BCUT2D eigenvalue weighted by Gasteiger charge is -2.28. The van der Waals surface area contributed by atoms with Gasteiger partial charge in [-0.1, -0.05) is 25.0 Å². The van der Waals surface area contributed by atoms with Crippen molar-refractivity contribution in [1.29, 1.82) is 0 Å². The average Bonchev–Trinajstić information content (AvgIpc) is 2.73. The van der Waals surface area contributed by atoms with E-state index in [1.54, 1.807) is 26.0 Å². The lowest BCUT2D eigenvalue weighted by atomic mass is 9.79. The van der Waals surface area contributed by atoms with E-state index < -0.39 is 35.7 Å². The Balaban J connectivity index is 2.32. The van der Waals surface area contributed by atoms with Crippen LogP contribution in [0.1, 0.15) is 52.4 Å². The summed E-state index contributed by atoms with van der Waals surface area (Å²) >= 11 is 0. The molecule has 0 saturated heterocycles. The van der Waals surface area contributed by atoms with Gasteiger partial charge in [0, 0.05) is 25.0 Å². The van der Waals surface area contributed by atoms with Crippen molar-refractivity contribution in [3.8, 4) is 0 Å². The largest absolute Gasteiger partial charge is 0.465 e. The third-order valence-corrected chi connectivity index (χ3v) is 4.53. The van der Waals surface area contributed by atoms with Gasteiger partial charge in [0.1, 0.15) is 0 Å². The van der Waals surface area contributed by atoms with Gasteiger partial charge in [0.25, 0.3) is 0 Å². The Bertz CT molecular complexity index is 569. The van der Waals surface area contributed by atoms with Crippen molar-refractivity contribution in [3.63, 3.8) is 0 Å². The van der Waals surface area contributed by atoms with E-state index in [0.717, 1.165) is 12.8 Å². The van der Waals surface area contributed by atoms with Gasteiger partial charge >= 0.3 is 23.9 Å². The van der Waals surface area contributed by atoms with E-state index in [9.17, 15) is 19.2 Å². The first-order chi connectivity index (χ1) is 14.5. The molecule has 8 nitrogen and oxygen atoms in total. The zero-order chi connectivity index (χ0) is 22.2. The van der Waals surface area contributed by atoms with Crippen LogP contribution in [0.15, 0.2) is 24.3 Å². The predicted octanol–water partition coefficient (Wildman–Crippen LogP) is 2.90. The van der Waals surface area contributed by atoms with Crippen LogP contribution < -0.4 is 0 Å². The summed E-state index contributed by atoms with van der Waals surface area (Å²) in [6.07, 6.45) is 9.45. The van der Waals surface area contributed by atoms with Gasteiger partial charge in [0.05, 0.1) is 38.3 Å². The van der Waals surface area contributed by atoms with Crippen molar-refractivity contribution < 1.29 is 38.1 Å². The number of carbonyl (C=O) groups is 4. The van der Waals surface area contributed by atoms with Crippen molar-refractivity contribution in [1.82, 2.24) is 0 Å². The highest BCUT2D eigenvalue weighted by atomic mass is 16.6. The van der Waals surface area contributed by atoms with E-state index >= 15 is 0 Å². The van der Waals surface area contributed by atoms with E-state index in [0.29, 0.717) is 25.7 Å². The Morgan fingerprint density at radius 2 is 1.03 bits per heavy atom. The zero-order valence-corrected chi connectivity index (χ0v) is 17.8. The molecule has 1 aliphatic carbocycles. The summed E-state index contributed by atoms with van der Waals surface area (Å²) in [6, 6.07) is 0. The lowest BCUT2D eigenvalue weighted by molar-refractivity contribution is -0.163. The maximum atomic E-state index is 12.4. The van der Waals surface area contributed by atoms with Gasteiger partial charge in [-0.3, -0.25) is 9.59 Å². The smallest absolute Gasteiger partial charge is 0.330 e. The number of hydrogen-bond donors (Lipinski definition) is 0. The highest BCUT2D eigenvalue weighted by molar-refractivity contribution is 5.83. The van der Waals surface area contributed by atoms with Crippen LogP contribution in [0.2, 0.25) is 0 Å². The molecular weight excluding hydrogens is 392 g/mol. The molecule has 1 rings (SSSR count). The lowest BCUT2D eigenvalue weighted by Crippen LogP contribution is -2.35. The van der Waals surface area contributed by atoms with Crippen LogP contribution in [0.5, 0.6) is 0 Å². The van der Waals surface area contributed by atoms with E-state index in [2.05, 4.69) is 0 Å². The van der Waals surface area contributed by atoms with Gasteiger partial charge in [0.2, 0.25) is 0 Å². The summed E-state index contributed by atoms with van der Waals surface area (Å²) in [5.74, 6) is -2.76. The predicted molar refractivity (Wildman–Crippen MR) is 108 cm³/mol. The first-order valence-electron chi connectivity index (χ1n) is 10.4. The topological polar surface area (TPSA) is 105 Å². The van der Waals surface area contributed by atoms with E-state index in [-0.39, 0.29) is 26.4 Å². The number of rotatable bonds is 12. The summed E-state index contributed by atoms with van der Waals surface area (Å²) in [5.41, 5.74) is 0. The van der Waals surface area contributed by atoms with E-state index in [1.165, 1.54) is 12.2 Å². The summed E-state index contributed by atoms with van der Waals surface area (Å²) in [6.45, 7) is 4.00. The van der Waals surface area contributed by atoms with Crippen molar-refractivity contribution in [2.24, 2.45) is 11.8 Å². The molecule has 168 valence electrons. The number of allylic oxidation sites excluding steroid dienone is 2. The minimum absolute atomic E-state index is 0.123. The third-order valence-electron chi connectivity index (χ3n) is 4.53. The van der Waals surface area contributed by atoms with E-state index in [4.69, 9.17) is 18.9 Å². The molecule has 0 N–H and O–H groups in total. The summed E-state index contributed by atoms with van der Waals surface area (Å²) in [7, 11) is 0. The molecule has 30 heavy (non-hydrogen) atoms. The molecular formula is C22H32O8. The Morgan fingerprint density at radius 3 is 1.40 bits per heavy atom. The number of esters is 4. The van der Waals surface area contributed by atoms with Gasteiger partial charge < -0.3 is 18.9 Å². The maximum absolute atomic E-state index is 12.4. The average molecular weight is 424 g/mol. The van der Waals surface area contributed by atoms with Crippen molar-refractivity contribution in [2.45, 2.75) is 52.4 Å². The van der Waals surface area contributed by atoms with Crippen molar-refractivity contribution in [2.75, 3.05) is 26.4 Å². The SMILES string of the molecule is CC=CC(=O)OCCCOC(=O)C1CCCCC1C(=O)OCCCOC(=O)C=CC. The quantitative estimate of drug-likeness (QED) is 0.204. The van der Waals surface area contributed by atoms with Crippen LogP contribution in [-0.4, -0.2) is 50.3 Å². The minimum atomic E-state index is -0.524. The monoisotopic (exact) mass is 424 g/mol. The van der Waals surface area contributed by atoms with Gasteiger partial charge in [-0.25, -0.2) is 9.59 Å². The van der Waals surface area contributed by atoms with Crippen molar-refractivity contribution >= 4 is 23.9 Å². The Hall–Kier alpha value is -2.64. The number of ether oxygens (including phenoxy) is 4. The molecule has 0 aromatic heterocycles. The molecule has 1 saturated carbocycles. The third kappa shape index (κ3) is 10.2. The van der Waals surface area contributed by atoms with Crippen LogP contribution in [-0.2, 0) is 38.1 Å². The fourth-order valence-corrected chi connectivity index (χ4v) is 3.09. The molecule has 0 aromatic carbocycles. The number of carbonyl (C=O) groups excluding carboxylic acids is 4. The fourth-order valence-electron chi connectivity index (χ4n) is 3.09. The van der Waals surface area contributed by atoms with E-state index in [1.807, 2.05) is 0 Å². The molecule has 0 bridgehead atoms. The summed E-state index contributed by atoms with van der Waals surface area (Å²) < 4.78 is 20.4. The summed E-state index contributed by atoms with van der Waals surface area (Å²) in [4.78, 5) is 47.2. The molecule has 2 unspecified atom stereocenters. The molecule has 1 aliphatic rings. The Morgan fingerprint density at radius 1 is 0.667 bits per heavy atom. The second kappa shape index (κ2) is 15.2. The second-order valence-corrected chi connectivity index (χ2v) is 6.87. The van der Waals surface area contributed by atoms with Gasteiger partial charge in [0.15, 0.2) is 0 Å². The Labute approximate surface area is 177 Å². The van der Waals surface area contributed by atoms with Gasteiger partial charge in [-0.15, -0.1) is 0 Å². The molecule has 1 fully saturated rings. The molecule has 0 aromatic rings. The van der Waals surface area contributed by atoms with Crippen LogP contribution in [0.4, 0.5) is 0 Å². The Kier molecular flexibility index (Phi) is 12.9. The molecule has 0 spiro atoms. The van der Waals surface area contributed by atoms with Crippen LogP contribution in [0.25, 0.3) is 0 Å². The first-order valence-corrected chi connectivity index (χ1v) is 10.4. The number of hydrogen-bond acceptors (Lipinski definition) is 8. The van der Waals surface area contributed by atoms with Crippen molar-refractivity contribution in [3.05, 3.63) is 24.3 Å². The first kappa shape index (κ1) is 25.4. The fraction of sp³-hybridized carbons (Fsp3) is 0.636. The molecule has 2 atom stereocenters. The maximum Gasteiger partial charge on any atom is 0.330 e. The van der Waals surface area contributed by atoms with Crippen LogP contribution >= 0.6 is 0 Å². The summed E-state index contributed by atoms with van der Waals surface area (Å²) in [5, 5.41) is 0. The zero-order valence-electron chi connectivity index (χ0n) is 17.8. The highest BCUT2D eigenvalue weighted by Crippen LogP contribution is 2.32. The molecule has 0 aliphatic heterocycles. The van der Waals surface area contributed by atoms with Crippen LogP contribution in [0, 0.1) is 11.8 Å². The molecule has 0 radical (unpaired) electrons. The van der Waals surface area contributed by atoms with Crippen LogP contribution in [0.3, 0.4) is 0 Å². The van der Waals surface area contributed by atoms with Gasteiger partial charge in [-0.05, 0) is 26.7 Å². The normalized spacial score (nSPS) is 18.9. The standard InChI is InChI=1S/C22H32O8/c1-3-9-19(23)27-13-7-15-29-21(25)17-11-5-6-12-18(17)22(26)30-16-8-14-28-20(24)10-4-2/h3-4,9-10,17-18H,5-8,11-16H2,1-2H3. The molecule has 8 heteroatoms. The minimum Gasteiger partial charge on any atom is -0.465 e. The molecule has 0 amide bonds. The molecule has 0 heterocycles. The highest BCUT2D eigenvalue weighted by Gasteiger charge is 2.37. The second-order valence-electron chi connectivity index (χ2n) is 6.87. The van der Waals surface area contributed by atoms with Gasteiger partial charge in [-0.2, -0.15) is 0 Å².